The molecule has 0 unspecified atom stereocenters. The fourth-order valence-corrected chi connectivity index (χ4v) is 3.17. The van der Waals surface area contributed by atoms with Gasteiger partial charge in [0, 0.05) is 19.1 Å². The van der Waals surface area contributed by atoms with Gasteiger partial charge in [-0.25, -0.2) is 4.98 Å². The number of nitrogens with zero attached hydrogens (tertiary/aromatic N) is 2. The summed E-state index contributed by atoms with van der Waals surface area (Å²) in [5, 5.41) is 6.40. The van der Waals surface area contributed by atoms with E-state index in [0.717, 1.165) is 42.8 Å². The number of carbonyl (C=O) groups is 1. The van der Waals surface area contributed by atoms with Gasteiger partial charge in [-0.2, -0.15) is 0 Å². The van der Waals surface area contributed by atoms with Crippen LogP contribution in [0.15, 0.2) is 24.3 Å². The zero-order valence-electron chi connectivity index (χ0n) is 13.2. The van der Waals surface area contributed by atoms with Crippen LogP contribution in [-0.4, -0.2) is 41.1 Å². The lowest BCUT2D eigenvalue weighted by atomic mass is 10.1. The van der Waals surface area contributed by atoms with Crippen molar-refractivity contribution in [2.75, 3.05) is 19.6 Å². The van der Waals surface area contributed by atoms with E-state index < -0.39 is 0 Å². The Bertz CT molecular complexity index is 682. The Balaban J connectivity index is 1.83. The molecule has 0 radical (unpaired) electrons. The average Bonchev–Trinajstić information content (AvgIpc) is 3.17. The SMILES string of the molecule is NCCCn1c([C@@H]2C[C@@H](NC(=O)CN)CN2)nc2ccccc21. The van der Waals surface area contributed by atoms with Gasteiger partial charge in [0.05, 0.1) is 23.6 Å². The summed E-state index contributed by atoms with van der Waals surface area (Å²) in [6.07, 6.45) is 1.73. The number of carbonyl (C=O) groups excluding carboxylic acids is 1. The molecular formula is C16H24N6O. The van der Waals surface area contributed by atoms with E-state index >= 15 is 0 Å². The van der Waals surface area contributed by atoms with Crippen LogP contribution < -0.4 is 22.1 Å². The molecule has 0 saturated carbocycles. The Hall–Kier alpha value is -1.96. The minimum absolute atomic E-state index is 0.0240. The van der Waals surface area contributed by atoms with E-state index in [2.05, 4.69) is 21.3 Å². The number of aromatic nitrogens is 2. The van der Waals surface area contributed by atoms with Crippen LogP contribution in [0.1, 0.15) is 24.7 Å². The number of rotatable bonds is 6. The first-order valence-electron chi connectivity index (χ1n) is 8.11. The van der Waals surface area contributed by atoms with Crippen molar-refractivity contribution >= 4 is 16.9 Å². The van der Waals surface area contributed by atoms with Gasteiger partial charge in [-0.1, -0.05) is 12.1 Å². The largest absolute Gasteiger partial charge is 0.351 e. The van der Waals surface area contributed by atoms with Crippen LogP contribution in [0.4, 0.5) is 0 Å². The van der Waals surface area contributed by atoms with Crippen molar-refractivity contribution in [2.24, 2.45) is 11.5 Å². The first-order chi connectivity index (χ1) is 11.2. The Morgan fingerprint density at radius 2 is 2.22 bits per heavy atom. The Morgan fingerprint density at radius 3 is 3.00 bits per heavy atom. The molecule has 0 aliphatic carbocycles. The molecule has 2 atom stereocenters. The van der Waals surface area contributed by atoms with Crippen LogP contribution in [0.3, 0.4) is 0 Å². The second-order valence-electron chi connectivity index (χ2n) is 5.92. The molecule has 1 fully saturated rings. The van der Waals surface area contributed by atoms with Crippen molar-refractivity contribution in [1.82, 2.24) is 20.2 Å². The van der Waals surface area contributed by atoms with Crippen LogP contribution in [0.2, 0.25) is 0 Å². The molecule has 6 N–H and O–H groups in total. The summed E-state index contributed by atoms with van der Waals surface area (Å²) in [4.78, 5) is 16.3. The molecule has 1 aromatic carbocycles. The third kappa shape index (κ3) is 3.36. The molecular weight excluding hydrogens is 292 g/mol. The van der Waals surface area contributed by atoms with E-state index in [0.29, 0.717) is 6.54 Å². The van der Waals surface area contributed by atoms with Gasteiger partial charge < -0.3 is 26.7 Å². The summed E-state index contributed by atoms with van der Waals surface area (Å²) in [6.45, 7) is 2.26. The van der Waals surface area contributed by atoms with Gasteiger partial charge in [-0.05, 0) is 31.5 Å². The maximum absolute atomic E-state index is 11.5. The van der Waals surface area contributed by atoms with Gasteiger partial charge in [0.2, 0.25) is 5.91 Å². The summed E-state index contributed by atoms with van der Waals surface area (Å²) in [6, 6.07) is 8.37. The molecule has 1 saturated heterocycles. The van der Waals surface area contributed by atoms with Gasteiger partial charge in [0.15, 0.2) is 0 Å². The van der Waals surface area contributed by atoms with Crippen molar-refractivity contribution in [3.63, 3.8) is 0 Å². The molecule has 23 heavy (non-hydrogen) atoms. The van der Waals surface area contributed by atoms with E-state index in [1.54, 1.807) is 0 Å². The number of imidazole rings is 1. The average molecular weight is 316 g/mol. The van der Waals surface area contributed by atoms with Gasteiger partial charge >= 0.3 is 0 Å². The lowest BCUT2D eigenvalue weighted by molar-refractivity contribution is -0.120. The van der Waals surface area contributed by atoms with Crippen molar-refractivity contribution in [1.29, 1.82) is 0 Å². The predicted molar refractivity (Wildman–Crippen MR) is 89.8 cm³/mol. The number of benzene rings is 1. The fraction of sp³-hybridized carbons (Fsp3) is 0.500. The first kappa shape index (κ1) is 15.9. The quantitative estimate of drug-likeness (QED) is 0.593. The lowest BCUT2D eigenvalue weighted by Crippen LogP contribution is -2.39. The summed E-state index contributed by atoms with van der Waals surface area (Å²) < 4.78 is 2.24. The number of hydrogen-bond acceptors (Lipinski definition) is 5. The van der Waals surface area contributed by atoms with E-state index in [9.17, 15) is 4.79 Å². The first-order valence-corrected chi connectivity index (χ1v) is 8.11. The minimum atomic E-state index is -0.117. The molecule has 7 nitrogen and oxygen atoms in total. The maximum atomic E-state index is 11.5. The van der Waals surface area contributed by atoms with E-state index in [1.807, 2.05) is 18.2 Å². The topological polar surface area (TPSA) is 111 Å². The summed E-state index contributed by atoms with van der Waals surface area (Å²) >= 11 is 0. The van der Waals surface area contributed by atoms with Crippen LogP contribution in [0.5, 0.6) is 0 Å². The highest BCUT2D eigenvalue weighted by Gasteiger charge is 2.29. The molecule has 2 heterocycles. The molecule has 1 aliphatic rings. The van der Waals surface area contributed by atoms with Crippen LogP contribution in [-0.2, 0) is 11.3 Å². The Labute approximate surface area is 135 Å². The Kier molecular flexibility index (Phi) is 4.90. The second-order valence-corrected chi connectivity index (χ2v) is 5.92. The van der Waals surface area contributed by atoms with Crippen LogP contribution in [0.25, 0.3) is 11.0 Å². The van der Waals surface area contributed by atoms with Crippen LogP contribution >= 0.6 is 0 Å². The number of nitrogens with two attached hydrogens (primary N) is 2. The molecule has 7 heteroatoms. The van der Waals surface area contributed by atoms with Gasteiger partial charge in [0.1, 0.15) is 5.82 Å². The van der Waals surface area contributed by atoms with Crippen molar-refractivity contribution in [3.8, 4) is 0 Å². The second kappa shape index (κ2) is 7.08. The summed E-state index contributed by atoms with van der Waals surface area (Å²) in [5.74, 6) is 0.901. The highest BCUT2D eigenvalue weighted by molar-refractivity contribution is 5.78. The van der Waals surface area contributed by atoms with E-state index in [4.69, 9.17) is 16.5 Å². The van der Waals surface area contributed by atoms with Crippen molar-refractivity contribution in [3.05, 3.63) is 30.1 Å². The maximum Gasteiger partial charge on any atom is 0.233 e. The highest BCUT2D eigenvalue weighted by Crippen LogP contribution is 2.27. The summed E-state index contributed by atoms with van der Waals surface area (Å²) in [7, 11) is 0. The number of hydrogen-bond donors (Lipinski definition) is 4. The van der Waals surface area contributed by atoms with Gasteiger partial charge in [0.25, 0.3) is 0 Å². The van der Waals surface area contributed by atoms with E-state index in [-0.39, 0.29) is 24.5 Å². The molecule has 0 bridgehead atoms. The van der Waals surface area contributed by atoms with E-state index in [1.165, 1.54) is 0 Å². The monoisotopic (exact) mass is 316 g/mol. The van der Waals surface area contributed by atoms with Crippen molar-refractivity contribution in [2.45, 2.75) is 31.5 Å². The number of nitrogens with one attached hydrogen (secondary N) is 2. The third-order valence-corrected chi connectivity index (χ3v) is 4.26. The molecule has 1 amide bonds. The zero-order chi connectivity index (χ0) is 16.2. The third-order valence-electron chi connectivity index (χ3n) is 4.26. The number of amides is 1. The highest BCUT2D eigenvalue weighted by atomic mass is 16.1. The lowest BCUT2D eigenvalue weighted by Gasteiger charge is -2.14. The molecule has 124 valence electrons. The number of fused-ring (bicyclic) bond motifs is 1. The molecule has 1 aromatic heterocycles. The summed E-state index contributed by atoms with van der Waals surface area (Å²) in [5.41, 5.74) is 13.2. The van der Waals surface area contributed by atoms with Crippen molar-refractivity contribution < 1.29 is 4.79 Å². The molecule has 0 spiro atoms. The molecule has 2 aromatic rings. The number of aryl methyl sites for hydroxylation is 1. The zero-order valence-corrected chi connectivity index (χ0v) is 13.2. The Morgan fingerprint density at radius 1 is 1.39 bits per heavy atom. The fourth-order valence-electron chi connectivity index (χ4n) is 3.17. The van der Waals surface area contributed by atoms with Crippen LogP contribution in [0, 0.1) is 0 Å². The predicted octanol–water partition coefficient (Wildman–Crippen LogP) is -0.137. The smallest absolute Gasteiger partial charge is 0.233 e. The normalized spacial score (nSPS) is 21.0. The van der Waals surface area contributed by atoms with Gasteiger partial charge in [-0.15, -0.1) is 0 Å². The number of para-hydroxylation sites is 2. The van der Waals surface area contributed by atoms with Gasteiger partial charge in [-0.3, -0.25) is 4.79 Å². The molecule has 3 rings (SSSR count). The standard InChI is InChI=1S/C16H24N6O/c17-6-3-7-22-14-5-2-1-4-12(14)21-16(22)13-8-11(10-19-13)20-15(23)9-18/h1-2,4-5,11,13,19H,3,6-10,17-18H2,(H,20,23)/t11-,13+/m1/s1. The molecule has 1 aliphatic heterocycles. The minimum Gasteiger partial charge on any atom is -0.351 e.